The zero-order chi connectivity index (χ0) is 18.5. The number of rotatable bonds is 7. The first-order valence-electron chi connectivity index (χ1n) is 9.24. The smallest absolute Gasteiger partial charge is 0.287 e. The number of hydrogen-bond donors (Lipinski definition) is 1. The highest BCUT2D eigenvalue weighted by atomic mass is 16.3. The molecule has 0 saturated carbocycles. The van der Waals surface area contributed by atoms with Crippen LogP contribution in [0.3, 0.4) is 0 Å². The topological polar surface area (TPSA) is 45.5 Å². The Morgan fingerprint density at radius 2 is 1.81 bits per heavy atom. The normalized spacial score (nSPS) is 10.9. The van der Waals surface area contributed by atoms with E-state index in [9.17, 15) is 4.79 Å². The average molecular weight is 350 g/mol. The maximum absolute atomic E-state index is 12.5. The van der Waals surface area contributed by atoms with Crippen molar-refractivity contribution in [3.05, 3.63) is 65.4 Å². The molecule has 1 aromatic heterocycles. The van der Waals surface area contributed by atoms with E-state index >= 15 is 0 Å². The predicted molar refractivity (Wildman–Crippen MR) is 107 cm³/mol. The molecule has 0 aliphatic rings. The third-order valence-electron chi connectivity index (χ3n) is 4.80. The van der Waals surface area contributed by atoms with Crippen LogP contribution in [0.4, 0.5) is 5.69 Å². The predicted octanol–water partition coefficient (Wildman–Crippen LogP) is 4.56. The molecule has 1 heterocycles. The van der Waals surface area contributed by atoms with Gasteiger partial charge in [0.05, 0.1) is 0 Å². The van der Waals surface area contributed by atoms with E-state index < -0.39 is 0 Å². The molecule has 3 rings (SSSR count). The Balaban J connectivity index is 1.75. The Bertz CT molecular complexity index is 880. The van der Waals surface area contributed by atoms with E-state index in [-0.39, 0.29) is 5.91 Å². The molecule has 0 saturated heterocycles. The molecule has 0 unspecified atom stereocenters. The summed E-state index contributed by atoms with van der Waals surface area (Å²) in [7, 11) is 0. The van der Waals surface area contributed by atoms with Gasteiger partial charge in [-0.1, -0.05) is 30.3 Å². The maximum atomic E-state index is 12.5. The lowest BCUT2D eigenvalue weighted by atomic mass is 10.1. The first-order chi connectivity index (χ1) is 12.6. The molecule has 2 aromatic carbocycles. The van der Waals surface area contributed by atoms with Crippen molar-refractivity contribution in [1.82, 2.24) is 5.32 Å². The fourth-order valence-corrected chi connectivity index (χ4v) is 3.26. The van der Waals surface area contributed by atoms with Crippen molar-refractivity contribution in [2.24, 2.45) is 0 Å². The molecule has 0 fully saturated rings. The van der Waals surface area contributed by atoms with Gasteiger partial charge in [0, 0.05) is 36.3 Å². The van der Waals surface area contributed by atoms with Gasteiger partial charge in [0.15, 0.2) is 5.76 Å². The van der Waals surface area contributed by atoms with Gasteiger partial charge < -0.3 is 14.6 Å². The van der Waals surface area contributed by atoms with Crippen LogP contribution in [0.1, 0.15) is 35.5 Å². The third-order valence-corrected chi connectivity index (χ3v) is 4.80. The van der Waals surface area contributed by atoms with Crippen LogP contribution < -0.4 is 10.2 Å². The zero-order valence-corrected chi connectivity index (χ0v) is 15.7. The van der Waals surface area contributed by atoms with Gasteiger partial charge in [0.25, 0.3) is 5.91 Å². The second-order valence-electron chi connectivity index (χ2n) is 6.40. The van der Waals surface area contributed by atoms with Crippen LogP contribution >= 0.6 is 0 Å². The number of carbonyl (C=O) groups is 1. The molecular formula is C22H26N2O2. The molecule has 4 heteroatoms. The lowest BCUT2D eigenvalue weighted by Crippen LogP contribution is -2.25. The molecule has 4 nitrogen and oxygen atoms in total. The molecule has 1 N–H and O–H groups in total. The Morgan fingerprint density at radius 1 is 1.08 bits per heavy atom. The summed E-state index contributed by atoms with van der Waals surface area (Å²) >= 11 is 0. The van der Waals surface area contributed by atoms with E-state index in [2.05, 4.69) is 48.3 Å². The van der Waals surface area contributed by atoms with Crippen LogP contribution in [-0.2, 0) is 6.42 Å². The fourth-order valence-electron chi connectivity index (χ4n) is 3.26. The number of nitrogens with one attached hydrogen (secondary N) is 1. The number of aryl methyl sites for hydroxylation is 1. The summed E-state index contributed by atoms with van der Waals surface area (Å²) in [4.78, 5) is 14.8. The van der Waals surface area contributed by atoms with Crippen molar-refractivity contribution in [2.75, 3.05) is 24.5 Å². The van der Waals surface area contributed by atoms with Gasteiger partial charge in [0.2, 0.25) is 0 Å². The highest BCUT2D eigenvalue weighted by molar-refractivity contribution is 5.99. The number of amides is 1. The molecule has 3 aromatic rings. The molecule has 0 spiro atoms. The van der Waals surface area contributed by atoms with Gasteiger partial charge >= 0.3 is 0 Å². The third kappa shape index (κ3) is 3.74. The van der Waals surface area contributed by atoms with Crippen molar-refractivity contribution in [3.8, 4) is 0 Å². The minimum Gasteiger partial charge on any atom is -0.451 e. The van der Waals surface area contributed by atoms with Gasteiger partial charge in [-0.15, -0.1) is 0 Å². The Morgan fingerprint density at radius 3 is 2.50 bits per heavy atom. The summed E-state index contributed by atoms with van der Waals surface area (Å²) in [5, 5.41) is 3.97. The Kier molecular flexibility index (Phi) is 5.61. The largest absolute Gasteiger partial charge is 0.451 e. The lowest BCUT2D eigenvalue weighted by Gasteiger charge is -2.20. The number of nitrogens with zero attached hydrogens (tertiary/aromatic N) is 1. The SMILES string of the molecule is CCN(CC)c1ccc2oc(C(=O)NCCc3ccccc3)c(C)c2c1. The van der Waals surface area contributed by atoms with Gasteiger partial charge in [-0.25, -0.2) is 0 Å². The molecule has 0 radical (unpaired) electrons. The van der Waals surface area contributed by atoms with Crippen LogP contribution in [0.5, 0.6) is 0 Å². The summed E-state index contributed by atoms with van der Waals surface area (Å²) in [6.45, 7) is 8.72. The van der Waals surface area contributed by atoms with Crippen molar-refractivity contribution in [3.63, 3.8) is 0 Å². The first kappa shape index (κ1) is 18.1. The van der Waals surface area contributed by atoms with Gasteiger partial charge in [-0.3, -0.25) is 4.79 Å². The van der Waals surface area contributed by atoms with Crippen LogP contribution in [0, 0.1) is 6.92 Å². The van der Waals surface area contributed by atoms with E-state index in [4.69, 9.17) is 4.42 Å². The quantitative estimate of drug-likeness (QED) is 0.679. The maximum Gasteiger partial charge on any atom is 0.287 e. The van der Waals surface area contributed by atoms with Crippen molar-refractivity contribution in [2.45, 2.75) is 27.2 Å². The molecule has 26 heavy (non-hydrogen) atoms. The minimum absolute atomic E-state index is 0.154. The highest BCUT2D eigenvalue weighted by Crippen LogP contribution is 2.29. The summed E-state index contributed by atoms with van der Waals surface area (Å²) < 4.78 is 5.83. The monoisotopic (exact) mass is 350 g/mol. The van der Waals surface area contributed by atoms with Crippen molar-refractivity contribution >= 4 is 22.6 Å². The second-order valence-corrected chi connectivity index (χ2v) is 6.40. The standard InChI is InChI=1S/C22H26N2O2/c1-4-24(5-2)18-11-12-20-19(15-18)16(3)21(26-20)22(25)23-14-13-17-9-7-6-8-10-17/h6-12,15H,4-5,13-14H2,1-3H3,(H,23,25). The van der Waals surface area contributed by atoms with Crippen LogP contribution in [0.25, 0.3) is 11.0 Å². The number of fused-ring (bicyclic) bond motifs is 1. The molecule has 136 valence electrons. The second kappa shape index (κ2) is 8.09. The number of anilines is 1. The van der Waals surface area contributed by atoms with E-state index in [1.807, 2.05) is 31.2 Å². The van der Waals surface area contributed by atoms with E-state index in [0.29, 0.717) is 12.3 Å². The van der Waals surface area contributed by atoms with E-state index in [1.165, 1.54) is 5.56 Å². The van der Waals surface area contributed by atoms with Crippen molar-refractivity contribution < 1.29 is 9.21 Å². The molecule has 0 aliphatic heterocycles. The molecular weight excluding hydrogens is 324 g/mol. The van der Waals surface area contributed by atoms with Crippen LogP contribution in [-0.4, -0.2) is 25.5 Å². The minimum atomic E-state index is -0.154. The summed E-state index contributed by atoms with van der Waals surface area (Å²) in [5.74, 6) is 0.253. The molecule has 0 atom stereocenters. The fraction of sp³-hybridized carbons (Fsp3) is 0.318. The van der Waals surface area contributed by atoms with Gasteiger partial charge in [-0.2, -0.15) is 0 Å². The first-order valence-corrected chi connectivity index (χ1v) is 9.24. The number of hydrogen-bond acceptors (Lipinski definition) is 3. The van der Waals surface area contributed by atoms with Gasteiger partial charge in [-0.05, 0) is 51.0 Å². The van der Waals surface area contributed by atoms with Gasteiger partial charge in [0.1, 0.15) is 5.58 Å². The highest BCUT2D eigenvalue weighted by Gasteiger charge is 2.18. The Labute approximate surface area is 154 Å². The number of carbonyl (C=O) groups excluding carboxylic acids is 1. The molecule has 0 bridgehead atoms. The Hall–Kier alpha value is -2.75. The molecule has 1 amide bonds. The van der Waals surface area contributed by atoms with Crippen LogP contribution in [0.15, 0.2) is 52.9 Å². The zero-order valence-electron chi connectivity index (χ0n) is 15.7. The summed E-state index contributed by atoms with van der Waals surface area (Å²) in [5.41, 5.74) is 4.01. The van der Waals surface area contributed by atoms with Crippen molar-refractivity contribution in [1.29, 1.82) is 0 Å². The van der Waals surface area contributed by atoms with E-state index in [0.717, 1.165) is 41.7 Å². The summed E-state index contributed by atoms with van der Waals surface area (Å²) in [6, 6.07) is 16.3. The van der Waals surface area contributed by atoms with Crippen LogP contribution in [0.2, 0.25) is 0 Å². The lowest BCUT2D eigenvalue weighted by molar-refractivity contribution is 0.0928. The molecule has 0 aliphatic carbocycles. The number of furan rings is 1. The average Bonchev–Trinajstić information content (AvgIpc) is 3.00. The van der Waals surface area contributed by atoms with E-state index in [1.54, 1.807) is 0 Å². The summed E-state index contributed by atoms with van der Waals surface area (Å²) in [6.07, 6.45) is 0.804. The number of benzene rings is 2.